The van der Waals surface area contributed by atoms with Gasteiger partial charge in [0.25, 0.3) is 5.95 Å². The van der Waals surface area contributed by atoms with Crippen LogP contribution in [0.15, 0.2) is 24.4 Å². The van der Waals surface area contributed by atoms with Crippen molar-refractivity contribution >= 4 is 22.8 Å². The van der Waals surface area contributed by atoms with Crippen LogP contribution in [0.1, 0.15) is 18.1 Å². The number of carbonyl (C=O) groups is 1. The number of aromatic amines is 2. The Kier molecular flexibility index (Phi) is 3.39. The van der Waals surface area contributed by atoms with Crippen molar-refractivity contribution in [2.24, 2.45) is 0 Å². The molecule has 0 fully saturated rings. The number of carbonyl (C=O) groups excluding carboxylic acids is 1. The summed E-state index contributed by atoms with van der Waals surface area (Å²) in [7, 11) is 1.64. The van der Waals surface area contributed by atoms with Crippen molar-refractivity contribution in [1.82, 2.24) is 25.6 Å². The van der Waals surface area contributed by atoms with E-state index in [0.29, 0.717) is 0 Å². The normalized spacial score (nSPS) is 11.0. The molecule has 0 radical (unpaired) electrons. The zero-order chi connectivity index (χ0) is 14.8. The van der Waals surface area contributed by atoms with E-state index in [4.69, 9.17) is 0 Å². The van der Waals surface area contributed by atoms with E-state index in [2.05, 4.69) is 38.6 Å². The second kappa shape index (κ2) is 5.35. The minimum Gasteiger partial charge on any atom is -0.361 e. The molecule has 1 aromatic carbocycles. The lowest BCUT2D eigenvalue weighted by Gasteiger charge is -2.11. The highest BCUT2D eigenvalue weighted by atomic mass is 16.2. The Morgan fingerprint density at radius 3 is 2.90 bits per heavy atom. The minimum atomic E-state index is -0.0841. The molecule has 0 spiro atoms. The topological polar surface area (TPSA) is 90.6 Å². The number of aromatic nitrogens is 5. The molecule has 0 bridgehead atoms. The van der Waals surface area contributed by atoms with Crippen molar-refractivity contribution < 1.29 is 4.79 Å². The molecule has 0 aliphatic carbocycles. The molecule has 3 rings (SSSR count). The number of para-hydroxylation sites is 1. The zero-order valence-electron chi connectivity index (χ0n) is 11.9. The Morgan fingerprint density at radius 2 is 2.19 bits per heavy atom. The van der Waals surface area contributed by atoms with Crippen LogP contribution in [-0.2, 0) is 17.6 Å². The van der Waals surface area contributed by atoms with Crippen molar-refractivity contribution in [3.05, 3.63) is 35.5 Å². The first kappa shape index (κ1) is 13.3. The van der Waals surface area contributed by atoms with Gasteiger partial charge in [0.1, 0.15) is 0 Å². The van der Waals surface area contributed by atoms with Crippen LogP contribution in [0, 0.1) is 0 Å². The van der Waals surface area contributed by atoms with Crippen molar-refractivity contribution in [2.45, 2.75) is 19.8 Å². The molecule has 0 unspecified atom stereocenters. The van der Waals surface area contributed by atoms with E-state index in [0.717, 1.165) is 22.9 Å². The third kappa shape index (κ3) is 2.37. The van der Waals surface area contributed by atoms with Gasteiger partial charge in [0, 0.05) is 24.1 Å². The zero-order valence-corrected chi connectivity index (χ0v) is 11.9. The Balaban J connectivity index is 1.87. The maximum absolute atomic E-state index is 12.3. The quantitative estimate of drug-likeness (QED) is 0.758. The van der Waals surface area contributed by atoms with Gasteiger partial charge < -0.3 is 4.98 Å². The number of hydrogen-bond donors (Lipinski definition) is 2. The maximum atomic E-state index is 12.3. The lowest BCUT2D eigenvalue weighted by Crippen LogP contribution is -2.28. The van der Waals surface area contributed by atoms with E-state index < -0.39 is 0 Å². The van der Waals surface area contributed by atoms with Gasteiger partial charge in [-0.3, -0.25) is 9.69 Å². The third-order valence-corrected chi connectivity index (χ3v) is 3.62. The average molecular weight is 284 g/mol. The molecule has 0 aliphatic rings. The van der Waals surface area contributed by atoms with Crippen LogP contribution in [-0.4, -0.2) is 38.6 Å². The summed E-state index contributed by atoms with van der Waals surface area (Å²) in [6.07, 6.45) is 3.14. The number of likely N-dealkylation sites (N-methyl/N-ethyl adjacent to an activating group) is 1. The molecule has 1 amide bonds. The molecule has 0 atom stereocenters. The summed E-state index contributed by atoms with van der Waals surface area (Å²) in [6.45, 7) is 2.12. The number of nitrogens with zero attached hydrogens (tertiary/aromatic N) is 4. The predicted molar refractivity (Wildman–Crippen MR) is 79.0 cm³/mol. The molecule has 21 heavy (non-hydrogen) atoms. The van der Waals surface area contributed by atoms with Gasteiger partial charge in [-0.2, -0.15) is 5.21 Å². The number of amides is 1. The molecular formula is C14H16N6O. The fourth-order valence-corrected chi connectivity index (χ4v) is 2.41. The SMILES string of the molecule is CCc1cccc2c(CC(=O)N(C)c3nn[nH]n3)c[nH]c12. The van der Waals surface area contributed by atoms with Gasteiger partial charge >= 0.3 is 0 Å². The molecule has 0 saturated carbocycles. The fraction of sp³-hybridized carbons (Fsp3) is 0.286. The van der Waals surface area contributed by atoms with Crippen molar-refractivity contribution in [2.75, 3.05) is 11.9 Å². The maximum Gasteiger partial charge on any atom is 0.272 e. The molecule has 0 aliphatic heterocycles. The predicted octanol–water partition coefficient (Wildman–Crippen LogP) is 1.45. The van der Waals surface area contributed by atoms with Crippen molar-refractivity contribution in [3.8, 4) is 0 Å². The molecule has 108 valence electrons. The van der Waals surface area contributed by atoms with E-state index >= 15 is 0 Å². The summed E-state index contributed by atoms with van der Waals surface area (Å²) in [6, 6.07) is 6.14. The second-order valence-corrected chi connectivity index (χ2v) is 4.85. The van der Waals surface area contributed by atoms with Gasteiger partial charge in [-0.25, -0.2) is 0 Å². The summed E-state index contributed by atoms with van der Waals surface area (Å²) < 4.78 is 0. The summed E-state index contributed by atoms with van der Waals surface area (Å²) in [5, 5.41) is 14.5. The molecule has 2 aromatic heterocycles. The number of anilines is 1. The standard InChI is InChI=1S/C14H16N6O/c1-3-9-5-4-6-11-10(8-15-13(9)11)7-12(21)20(2)14-16-18-19-17-14/h4-6,8,15H,3,7H2,1-2H3,(H,16,17,18,19). The van der Waals surface area contributed by atoms with E-state index in [1.807, 2.05) is 18.3 Å². The summed E-state index contributed by atoms with van der Waals surface area (Å²) in [5.74, 6) is 0.188. The second-order valence-electron chi connectivity index (χ2n) is 4.85. The van der Waals surface area contributed by atoms with Gasteiger partial charge in [0.15, 0.2) is 0 Å². The fourth-order valence-electron chi connectivity index (χ4n) is 2.41. The number of H-pyrrole nitrogens is 2. The van der Waals surface area contributed by atoms with Crippen LogP contribution in [0.5, 0.6) is 0 Å². The molecule has 7 heteroatoms. The number of tetrazole rings is 1. The third-order valence-electron chi connectivity index (χ3n) is 3.62. The van der Waals surface area contributed by atoms with Crippen LogP contribution in [0.25, 0.3) is 10.9 Å². The first-order chi connectivity index (χ1) is 10.2. The van der Waals surface area contributed by atoms with E-state index in [9.17, 15) is 4.79 Å². The number of aryl methyl sites for hydroxylation is 1. The summed E-state index contributed by atoms with van der Waals surface area (Å²) in [4.78, 5) is 17.0. The first-order valence-electron chi connectivity index (χ1n) is 6.78. The van der Waals surface area contributed by atoms with Gasteiger partial charge in [-0.15, -0.1) is 5.10 Å². The largest absolute Gasteiger partial charge is 0.361 e. The highest BCUT2D eigenvalue weighted by Crippen LogP contribution is 2.23. The van der Waals surface area contributed by atoms with E-state index in [1.54, 1.807) is 7.05 Å². The summed E-state index contributed by atoms with van der Waals surface area (Å²) >= 11 is 0. The smallest absolute Gasteiger partial charge is 0.272 e. The number of hydrogen-bond acceptors (Lipinski definition) is 4. The monoisotopic (exact) mass is 284 g/mol. The van der Waals surface area contributed by atoms with E-state index in [1.165, 1.54) is 10.5 Å². The van der Waals surface area contributed by atoms with Crippen LogP contribution < -0.4 is 4.90 Å². The highest BCUT2D eigenvalue weighted by molar-refractivity contribution is 5.96. The van der Waals surface area contributed by atoms with E-state index in [-0.39, 0.29) is 18.3 Å². The molecule has 2 heterocycles. The van der Waals surface area contributed by atoms with Gasteiger partial charge in [-0.1, -0.05) is 30.2 Å². The van der Waals surface area contributed by atoms with Crippen molar-refractivity contribution in [1.29, 1.82) is 0 Å². The Morgan fingerprint density at radius 1 is 1.33 bits per heavy atom. The Hall–Kier alpha value is -2.70. The number of nitrogens with one attached hydrogen (secondary N) is 2. The van der Waals surface area contributed by atoms with Crippen LogP contribution in [0.4, 0.5) is 5.95 Å². The Labute approximate surface area is 121 Å². The van der Waals surface area contributed by atoms with Crippen molar-refractivity contribution in [3.63, 3.8) is 0 Å². The highest BCUT2D eigenvalue weighted by Gasteiger charge is 2.17. The van der Waals surface area contributed by atoms with Crippen LogP contribution in [0.2, 0.25) is 0 Å². The first-order valence-corrected chi connectivity index (χ1v) is 6.78. The molecule has 7 nitrogen and oxygen atoms in total. The van der Waals surface area contributed by atoms with Crippen LogP contribution in [0.3, 0.4) is 0 Å². The lowest BCUT2D eigenvalue weighted by molar-refractivity contribution is -0.117. The molecular weight excluding hydrogens is 268 g/mol. The average Bonchev–Trinajstić information content (AvgIpc) is 3.16. The number of benzene rings is 1. The molecule has 2 N–H and O–H groups in total. The lowest BCUT2D eigenvalue weighted by atomic mass is 10.1. The van der Waals surface area contributed by atoms with Crippen LogP contribution >= 0.6 is 0 Å². The number of fused-ring (bicyclic) bond motifs is 1. The minimum absolute atomic E-state index is 0.0841. The van der Waals surface area contributed by atoms with Gasteiger partial charge in [0.2, 0.25) is 5.91 Å². The van der Waals surface area contributed by atoms with Gasteiger partial charge in [0.05, 0.1) is 6.42 Å². The summed E-state index contributed by atoms with van der Waals surface area (Å²) in [5.41, 5.74) is 3.32. The molecule has 0 saturated heterocycles. The van der Waals surface area contributed by atoms with Gasteiger partial charge in [-0.05, 0) is 22.8 Å². The number of rotatable bonds is 4. The Bertz CT molecular complexity index is 761. The molecule has 3 aromatic rings.